The van der Waals surface area contributed by atoms with Crippen LogP contribution in [0.4, 0.5) is 0 Å². The fourth-order valence-corrected chi connectivity index (χ4v) is 2.04. The van der Waals surface area contributed by atoms with Crippen molar-refractivity contribution in [2.45, 2.75) is 6.54 Å². The van der Waals surface area contributed by atoms with Gasteiger partial charge in [-0.3, -0.25) is 0 Å². The van der Waals surface area contributed by atoms with Gasteiger partial charge in [-0.05, 0) is 12.1 Å². The Kier molecular flexibility index (Phi) is 1.35. The Hall–Kier alpha value is -1.15. The van der Waals surface area contributed by atoms with Crippen LogP contribution in [0.3, 0.4) is 0 Å². The van der Waals surface area contributed by atoms with E-state index in [1.165, 1.54) is 0 Å². The molecule has 3 heteroatoms. The molecule has 0 aliphatic carbocycles. The van der Waals surface area contributed by atoms with Crippen LogP contribution in [0.25, 0.3) is 10.9 Å². The summed E-state index contributed by atoms with van der Waals surface area (Å²) < 4.78 is 7.73. The number of nitrogens with zero attached hydrogens (tertiary/aromatic N) is 1. The molecule has 1 aromatic carbocycles. The lowest BCUT2D eigenvalue weighted by molar-refractivity contribution is 0.287. The standard InChI is InChI=1S/C10H8ClNO/c11-8-5-7-1-2-12-3-4-13-9(6-8)10(7)12/h1-2,5-6H,3-4H2. The highest BCUT2D eigenvalue weighted by Crippen LogP contribution is 2.32. The summed E-state index contributed by atoms with van der Waals surface area (Å²) in [6, 6.07) is 5.91. The molecule has 2 aromatic rings. The van der Waals surface area contributed by atoms with Gasteiger partial charge in [0.25, 0.3) is 0 Å². The maximum Gasteiger partial charge on any atom is 0.145 e. The van der Waals surface area contributed by atoms with E-state index in [0.717, 1.165) is 34.8 Å². The zero-order valence-corrected chi connectivity index (χ0v) is 7.71. The minimum absolute atomic E-state index is 0.733. The van der Waals surface area contributed by atoms with Gasteiger partial charge in [0.1, 0.15) is 12.4 Å². The lowest BCUT2D eigenvalue weighted by Gasteiger charge is -2.16. The third kappa shape index (κ3) is 0.954. The predicted octanol–water partition coefficient (Wildman–Crippen LogP) is 2.69. The monoisotopic (exact) mass is 193 g/mol. The Labute approximate surface area is 80.7 Å². The van der Waals surface area contributed by atoms with Crippen molar-refractivity contribution in [3.8, 4) is 5.75 Å². The molecule has 1 aromatic heterocycles. The van der Waals surface area contributed by atoms with E-state index >= 15 is 0 Å². The lowest BCUT2D eigenvalue weighted by atomic mass is 10.2. The smallest absolute Gasteiger partial charge is 0.145 e. The van der Waals surface area contributed by atoms with Gasteiger partial charge >= 0.3 is 0 Å². The normalized spacial score (nSPS) is 14.5. The van der Waals surface area contributed by atoms with Crippen molar-refractivity contribution in [2.24, 2.45) is 0 Å². The van der Waals surface area contributed by atoms with Crippen LogP contribution in [0.1, 0.15) is 0 Å². The molecule has 13 heavy (non-hydrogen) atoms. The summed E-state index contributed by atoms with van der Waals surface area (Å²) >= 11 is 5.95. The predicted molar refractivity (Wildman–Crippen MR) is 52.4 cm³/mol. The molecule has 0 saturated heterocycles. The van der Waals surface area contributed by atoms with E-state index < -0.39 is 0 Å². The number of aromatic nitrogens is 1. The summed E-state index contributed by atoms with van der Waals surface area (Å²) in [6.07, 6.45) is 2.08. The van der Waals surface area contributed by atoms with E-state index in [-0.39, 0.29) is 0 Å². The van der Waals surface area contributed by atoms with E-state index in [2.05, 4.69) is 16.8 Å². The highest BCUT2D eigenvalue weighted by molar-refractivity contribution is 6.31. The molecule has 0 spiro atoms. The van der Waals surface area contributed by atoms with E-state index in [9.17, 15) is 0 Å². The number of halogens is 1. The minimum atomic E-state index is 0.733. The average molecular weight is 194 g/mol. The van der Waals surface area contributed by atoms with Crippen molar-refractivity contribution in [1.82, 2.24) is 4.57 Å². The Morgan fingerprint density at radius 2 is 2.31 bits per heavy atom. The number of ether oxygens (including phenoxy) is 1. The maximum absolute atomic E-state index is 5.95. The van der Waals surface area contributed by atoms with Crippen LogP contribution in [-0.2, 0) is 6.54 Å². The van der Waals surface area contributed by atoms with Crippen molar-refractivity contribution in [3.05, 3.63) is 29.4 Å². The van der Waals surface area contributed by atoms with Crippen molar-refractivity contribution < 1.29 is 4.74 Å². The molecule has 1 aliphatic rings. The molecule has 3 rings (SSSR count). The minimum Gasteiger partial charge on any atom is -0.489 e. The molecular formula is C10H8ClNO. The second-order valence-electron chi connectivity index (χ2n) is 3.20. The maximum atomic E-state index is 5.95. The fraction of sp³-hybridized carbons (Fsp3) is 0.200. The van der Waals surface area contributed by atoms with Gasteiger partial charge in [0.15, 0.2) is 0 Å². The van der Waals surface area contributed by atoms with Crippen LogP contribution in [0.5, 0.6) is 5.75 Å². The summed E-state index contributed by atoms with van der Waals surface area (Å²) in [7, 11) is 0. The first kappa shape index (κ1) is 7.27. The van der Waals surface area contributed by atoms with E-state index in [1.54, 1.807) is 0 Å². The largest absolute Gasteiger partial charge is 0.489 e. The Balaban J connectivity index is 2.47. The van der Waals surface area contributed by atoms with Gasteiger partial charge in [0, 0.05) is 22.7 Å². The van der Waals surface area contributed by atoms with Crippen LogP contribution in [0.2, 0.25) is 5.02 Å². The van der Waals surface area contributed by atoms with Crippen molar-refractivity contribution in [2.75, 3.05) is 6.61 Å². The molecule has 1 aliphatic heterocycles. The Bertz CT molecular complexity index is 475. The lowest BCUT2D eigenvalue weighted by Crippen LogP contribution is -2.12. The zero-order valence-electron chi connectivity index (χ0n) is 6.96. The highest BCUT2D eigenvalue weighted by Gasteiger charge is 2.13. The van der Waals surface area contributed by atoms with Crippen molar-refractivity contribution in [3.63, 3.8) is 0 Å². The van der Waals surface area contributed by atoms with Crippen molar-refractivity contribution in [1.29, 1.82) is 0 Å². The van der Waals surface area contributed by atoms with Gasteiger partial charge < -0.3 is 9.30 Å². The first-order valence-corrected chi connectivity index (χ1v) is 4.63. The number of hydrogen-bond donors (Lipinski definition) is 0. The summed E-state index contributed by atoms with van der Waals surface area (Å²) in [5.41, 5.74) is 1.16. The van der Waals surface area contributed by atoms with Crippen LogP contribution >= 0.6 is 11.6 Å². The number of benzene rings is 1. The third-order valence-electron chi connectivity index (χ3n) is 2.38. The average Bonchev–Trinajstić information content (AvgIpc) is 2.50. The second-order valence-corrected chi connectivity index (χ2v) is 3.64. The Morgan fingerprint density at radius 1 is 1.38 bits per heavy atom. The van der Waals surface area contributed by atoms with Gasteiger partial charge in [-0.15, -0.1) is 0 Å². The topological polar surface area (TPSA) is 14.2 Å². The van der Waals surface area contributed by atoms with Gasteiger partial charge in [-0.2, -0.15) is 0 Å². The molecule has 0 N–H and O–H groups in total. The molecule has 66 valence electrons. The molecular weight excluding hydrogens is 186 g/mol. The molecule has 0 saturated carbocycles. The van der Waals surface area contributed by atoms with Crippen molar-refractivity contribution >= 4 is 22.5 Å². The van der Waals surface area contributed by atoms with Gasteiger partial charge in [-0.25, -0.2) is 0 Å². The molecule has 0 unspecified atom stereocenters. The van der Waals surface area contributed by atoms with E-state index in [1.807, 2.05) is 12.1 Å². The molecule has 0 amide bonds. The number of rotatable bonds is 0. The Morgan fingerprint density at radius 3 is 3.23 bits per heavy atom. The molecule has 0 radical (unpaired) electrons. The zero-order chi connectivity index (χ0) is 8.84. The summed E-state index contributed by atoms with van der Waals surface area (Å²) in [4.78, 5) is 0. The van der Waals surface area contributed by atoms with Crippen LogP contribution in [0, 0.1) is 0 Å². The third-order valence-corrected chi connectivity index (χ3v) is 2.60. The first-order chi connectivity index (χ1) is 6.34. The second kappa shape index (κ2) is 2.42. The van der Waals surface area contributed by atoms with Crippen LogP contribution < -0.4 is 4.74 Å². The van der Waals surface area contributed by atoms with E-state index in [4.69, 9.17) is 16.3 Å². The van der Waals surface area contributed by atoms with Crippen LogP contribution in [0.15, 0.2) is 24.4 Å². The van der Waals surface area contributed by atoms with Gasteiger partial charge in [0.2, 0.25) is 0 Å². The molecule has 0 fully saturated rings. The van der Waals surface area contributed by atoms with Gasteiger partial charge in [-0.1, -0.05) is 11.6 Å². The SMILES string of the molecule is Clc1cc2c3c(ccn3CCO2)c1. The summed E-state index contributed by atoms with van der Waals surface area (Å²) in [6.45, 7) is 1.66. The molecule has 0 bridgehead atoms. The van der Waals surface area contributed by atoms with Crippen LogP contribution in [-0.4, -0.2) is 11.2 Å². The molecule has 2 nitrogen and oxygen atoms in total. The number of hydrogen-bond acceptors (Lipinski definition) is 1. The quantitative estimate of drug-likeness (QED) is 0.628. The summed E-state index contributed by atoms with van der Waals surface area (Å²) in [5, 5.41) is 1.89. The highest BCUT2D eigenvalue weighted by atomic mass is 35.5. The molecule has 0 atom stereocenters. The van der Waals surface area contributed by atoms with Gasteiger partial charge in [0.05, 0.1) is 12.1 Å². The first-order valence-electron chi connectivity index (χ1n) is 4.26. The van der Waals surface area contributed by atoms with E-state index in [0.29, 0.717) is 0 Å². The fourth-order valence-electron chi connectivity index (χ4n) is 1.82. The molecule has 2 heterocycles. The summed E-state index contributed by atoms with van der Waals surface area (Å²) in [5.74, 6) is 0.902.